The fourth-order valence-corrected chi connectivity index (χ4v) is 4.24. The van der Waals surface area contributed by atoms with E-state index in [1.165, 1.54) is 4.90 Å². The number of fused-ring (bicyclic) bond motifs is 1. The van der Waals surface area contributed by atoms with Gasteiger partial charge >= 0.3 is 0 Å². The van der Waals surface area contributed by atoms with Crippen LogP contribution >= 0.6 is 11.8 Å². The van der Waals surface area contributed by atoms with Gasteiger partial charge in [-0.15, -0.1) is 16.9 Å². The van der Waals surface area contributed by atoms with Crippen molar-refractivity contribution in [1.29, 1.82) is 0 Å². The van der Waals surface area contributed by atoms with Crippen LogP contribution in [0.15, 0.2) is 65.5 Å². The summed E-state index contributed by atoms with van der Waals surface area (Å²) in [6.45, 7) is 3.63. The van der Waals surface area contributed by atoms with E-state index in [1.54, 1.807) is 22.5 Å². The van der Waals surface area contributed by atoms with E-state index in [1.807, 2.05) is 6.20 Å². The largest absolute Gasteiger partial charge is 0.379 e. The maximum Gasteiger partial charge on any atom is 0.247 e. The molecule has 2 aromatic heterocycles. The number of morpholine rings is 1. The zero-order valence-corrected chi connectivity index (χ0v) is 17.7. The first-order valence-corrected chi connectivity index (χ1v) is 11.4. The van der Waals surface area contributed by atoms with Gasteiger partial charge in [-0.05, 0) is 30.9 Å². The quantitative estimate of drug-likeness (QED) is 0.634. The Morgan fingerprint density at radius 1 is 1.17 bits per heavy atom. The lowest BCUT2D eigenvalue weighted by atomic mass is 10.0. The molecule has 0 spiro atoms. The molecule has 3 heterocycles. The number of rotatable bonds is 5. The second-order valence-electron chi connectivity index (χ2n) is 7.30. The molecule has 7 nitrogen and oxygen atoms in total. The summed E-state index contributed by atoms with van der Waals surface area (Å²) in [5, 5.41) is 7.93. The van der Waals surface area contributed by atoms with Crippen LogP contribution in [0.25, 0.3) is 16.9 Å². The Morgan fingerprint density at radius 3 is 2.73 bits per heavy atom. The molecule has 8 heteroatoms. The van der Waals surface area contributed by atoms with Crippen molar-refractivity contribution in [3.63, 3.8) is 0 Å². The lowest BCUT2D eigenvalue weighted by Gasteiger charge is -2.33. The molecular formula is C22H24N6OS. The lowest BCUT2D eigenvalue weighted by molar-refractivity contribution is 0.0259. The molecule has 154 valence electrons. The van der Waals surface area contributed by atoms with E-state index in [2.05, 4.69) is 69.0 Å². The monoisotopic (exact) mass is 420 g/mol. The molecule has 5 rings (SSSR count). The second-order valence-corrected chi connectivity index (χ2v) is 8.18. The first-order valence-electron chi connectivity index (χ1n) is 10.1. The van der Waals surface area contributed by atoms with Gasteiger partial charge in [0.1, 0.15) is 5.69 Å². The molecule has 1 aromatic carbocycles. The van der Waals surface area contributed by atoms with Gasteiger partial charge in [-0.3, -0.25) is 9.88 Å². The van der Waals surface area contributed by atoms with Crippen LogP contribution in [0.1, 0.15) is 6.42 Å². The highest BCUT2D eigenvalue weighted by atomic mass is 32.2. The zero-order chi connectivity index (χ0) is 20.3. The molecule has 1 unspecified atom stereocenters. The predicted molar refractivity (Wildman–Crippen MR) is 120 cm³/mol. The number of ether oxygens (including phenoxy) is 1. The first kappa shape index (κ1) is 19.3. The molecule has 0 amide bonds. The summed E-state index contributed by atoms with van der Waals surface area (Å²) in [5.74, 6) is 0.575. The molecule has 3 aromatic rings. The van der Waals surface area contributed by atoms with Crippen LogP contribution in [0.4, 0.5) is 5.95 Å². The van der Waals surface area contributed by atoms with Gasteiger partial charge in [0.2, 0.25) is 5.95 Å². The minimum absolute atomic E-state index is 0.438. The summed E-state index contributed by atoms with van der Waals surface area (Å²) in [5.41, 5.74) is 3.62. The summed E-state index contributed by atoms with van der Waals surface area (Å²) < 4.78 is 7.23. The number of allylic oxidation sites excluding steroid dienone is 1. The van der Waals surface area contributed by atoms with Gasteiger partial charge in [0.05, 0.1) is 13.2 Å². The summed E-state index contributed by atoms with van der Waals surface area (Å²) in [6, 6.07) is 8.79. The maximum atomic E-state index is 5.45. The van der Waals surface area contributed by atoms with Crippen LogP contribution in [0, 0.1) is 0 Å². The van der Waals surface area contributed by atoms with Gasteiger partial charge in [0.25, 0.3) is 0 Å². The molecule has 30 heavy (non-hydrogen) atoms. The lowest BCUT2D eigenvalue weighted by Crippen LogP contribution is -2.43. The molecule has 1 aliphatic carbocycles. The van der Waals surface area contributed by atoms with Crippen molar-refractivity contribution >= 4 is 23.4 Å². The smallest absolute Gasteiger partial charge is 0.247 e. The summed E-state index contributed by atoms with van der Waals surface area (Å²) in [6.07, 6.45) is 13.2. The van der Waals surface area contributed by atoms with Crippen LogP contribution in [0.3, 0.4) is 0 Å². The van der Waals surface area contributed by atoms with Gasteiger partial charge in [-0.1, -0.05) is 24.3 Å². The third kappa shape index (κ3) is 3.98. The third-order valence-corrected chi connectivity index (χ3v) is 6.21. The number of hydrogen-bond donors (Lipinski definition) is 1. The Hall–Kier alpha value is -2.68. The van der Waals surface area contributed by atoms with Crippen LogP contribution < -0.4 is 5.32 Å². The normalized spacial score (nSPS) is 19.8. The van der Waals surface area contributed by atoms with Crippen molar-refractivity contribution < 1.29 is 4.74 Å². The Bertz CT molecular complexity index is 1080. The van der Waals surface area contributed by atoms with Crippen molar-refractivity contribution in [3.05, 3.63) is 60.6 Å². The highest BCUT2D eigenvalue weighted by Gasteiger charge is 2.20. The molecule has 1 fully saturated rings. The standard InChI is InChI=1S/C22H24N6OS/c1-30-19-8-2-16(3-9-19)20-21-25-22(26-28(21)11-10-23-20)24-17-4-6-18(7-5-17)27-12-14-29-15-13-27/h2-6,8-11,18H,7,12-15H2,1H3,(H,24,26). The van der Waals surface area contributed by atoms with Crippen molar-refractivity contribution in [2.45, 2.75) is 17.4 Å². The molecule has 1 saturated heterocycles. The van der Waals surface area contributed by atoms with E-state index in [0.29, 0.717) is 12.0 Å². The molecule has 2 aliphatic rings. The molecular weight excluding hydrogens is 396 g/mol. The Kier molecular flexibility index (Phi) is 5.52. The number of benzene rings is 1. The average molecular weight is 421 g/mol. The SMILES string of the molecule is CSc1ccc(-c2nccn3nc(NC4=CCC(N5CCOCC5)C=C4)nc23)cc1. The highest BCUT2D eigenvalue weighted by Crippen LogP contribution is 2.25. The van der Waals surface area contributed by atoms with Crippen molar-refractivity contribution in [3.8, 4) is 11.3 Å². The number of thioether (sulfide) groups is 1. The van der Waals surface area contributed by atoms with E-state index in [4.69, 9.17) is 9.72 Å². The molecule has 0 saturated carbocycles. The van der Waals surface area contributed by atoms with Gasteiger partial charge in [-0.2, -0.15) is 4.98 Å². The van der Waals surface area contributed by atoms with E-state index < -0.39 is 0 Å². The van der Waals surface area contributed by atoms with Crippen LogP contribution in [0.2, 0.25) is 0 Å². The fourth-order valence-electron chi connectivity index (χ4n) is 3.83. The highest BCUT2D eigenvalue weighted by molar-refractivity contribution is 7.98. The molecule has 1 atom stereocenters. The molecule has 0 bridgehead atoms. The second kappa shape index (κ2) is 8.59. The van der Waals surface area contributed by atoms with Gasteiger partial charge in [0, 0.05) is 47.7 Å². The van der Waals surface area contributed by atoms with Gasteiger partial charge in [-0.25, -0.2) is 4.52 Å². The Balaban J connectivity index is 1.33. The fraction of sp³-hybridized carbons (Fsp3) is 0.318. The van der Waals surface area contributed by atoms with Gasteiger partial charge < -0.3 is 10.1 Å². The average Bonchev–Trinajstić information content (AvgIpc) is 3.23. The Labute approximate surface area is 179 Å². The van der Waals surface area contributed by atoms with Crippen LogP contribution in [-0.4, -0.2) is 63.1 Å². The molecule has 1 aliphatic heterocycles. The van der Waals surface area contributed by atoms with E-state index in [9.17, 15) is 0 Å². The maximum absolute atomic E-state index is 5.45. The predicted octanol–water partition coefficient (Wildman–Crippen LogP) is 3.47. The van der Waals surface area contributed by atoms with Crippen LogP contribution in [-0.2, 0) is 4.74 Å². The third-order valence-electron chi connectivity index (χ3n) is 5.47. The minimum atomic E-state index is 0.438. The topological polar surface area (TPSA) is 67.6 Å². The zero-order valence-electron chi connectivity index (χ0n) is 16.9. The summed E-state index contributed by atoms with van der Waals surface area (Å²) >= 11 is 1.72. The number of nitrogens with zero attached hydrogens (tertiary/aromatic N) is 5. The van der Waals surface area contributed by atoms with Crippen molar-refractivity contribution in [2.75, 3.05) is 37.9 Å². The van der Waals surface area contributed by atoms with Crippen molar-refractivity contribution in [2.24, 2.45) is 0 Å². The minimum Gasteiger partial charge on any atom is -0.379 e. The first-order chi connectivity index (χ1) is 14.8. The van der Waals surface area contributed by atoms with Gasteiger partial charge in [0.15, 0.2) is 5.65 Å². The molecule has 0 radical (unpaired) electrons. The summed E-state index contributed by atoms with van der Waals surface area (Å²) in [4.78, 5) is 13.0. The number of anilines is 1. The van der Waals surface area contributed by atoms with Crippen molar-refractivity contribution in [1.82, 2.24) is 24.5 Å². The number of aromatic nitrogens is 4. The Morgan fingerprint density at radius 2 is 2.00 bits per heavy atom. The number of hydrogen-bond acceptors (Lipinski definition) is 7. The summed E-state index contributed by atoms with van der Waals surface area (Å²) in [7, 11) is 0. The van der Waals surface area contributed by atoms with Crippen LogP contribution in [0.5, 0.6) is 0 Å². The van der Waals surface area contributed by atoms with E-state index >= 15 is 0 Å². The number of nitrogens with one attached hydrogen (secondary N) is 1. The van der Waals surface area contributed by atoms with E-state index in [-0.39, 0.29) is 0 Å². The van der Waals surface area contributed by atoms with E-state index in [0.717, 1.165) is 55.3 Å². The molecule has 1 N–H and O–H groups in total.